The average Bonchev–Trinajstić information content (AvgIpc) is 2.29. The van der Waals surface area contributed by atoms with E-state index in [0.717, 1.165) is 15.9 Å². The second-order valence-electron chi connectivity index (χ2n) is 2.62. The van der Waals surface area contributed by atoms with Crippen LogP contribution in [0.15, 0.2) is 22.8 Å². The lowest BCUT2D eigenvalue weighted by atomic mass is 10.4. The molecule has 2 rings (SSSR count). The zero-order valence-electron chi connectivity index (χ0n) is 6.58. The summed E-state index contributed by atoms with van der Waals surface area (Å²) in [7, 11) is 0. The molecule has 0 aliphatic carbocycles. The molecule has 2 aromatic rings. The Hall–Kier alpha value is -1.03. The minimum atomic E-state index is 0.711. The first kappa shape index (κ1) is 7.61. The SMILES string of the molecule is Cc1nc(Br)c2cccc(N)n12. The Morgan fingerprint density at radius 2 is 2.25 bits per heavy atom. The first-order chi connectivity index (χ1) is 5.70. The number of nitrogen functional groups attached to an aromatic ring is 1. The molecule has 3 nitrogen and oxygen atoms in total. The number of halogens is 1. The molecule has 0 saturated carbocycles. The summed E-state index contributed by atoms with van der Waals surface area (Å²) in [5, 5.41) is 0. The van der Waals surface area contributed by atoms with E-state index in [1.807, 2.05) is 29.5 Å². The van der Waals surface area contributed by atoms with Gasteiger partial charge in [-0.1, -0.05) is 6.07 Å². The van der Waals surface area contributed by atoms with Crippen LogP contribution in [0, 0.1) is 6.92 Å². The first-order valence-corrected chi connectivity index (χ1v) is 4.38. The number of imidazole rings is 1. The summed E-state index contributed by atoms with van der Waals surface area (Å²) in [4.78, 5) is 4.25. The fraction of sp³-hybridized carbons (Fsp3) is 0.125. The van der Waals surface area contributed by atoms with Crippen molar-refractivity contribution in [2.24, 2.45) is 0 Å². The molecule has 2 aromatic heterocycles. The topological polar surface area (TPSA) is 43.3 Å². The molecule has 62 valence electrons. The summed E-state index contributed by atoms with van der Waals surface area (Å²) in [6.45, 7) is 1.92. The number of hydrogen-bond acceptors (Lipinski definition) is 2. The van der Waals surface area contributed by atoms with Crippen LogP contribution < -0.4 is 5.73 Å². The van der Waals surface area contributed by atoms with Crippen LogP contribution in [-0.4, -0.2) is 9.38 Å². The molecule has 0 atom stereocenters. The van der Waals surface area contributed by atoms with Crippen LogP contribution in [-0.2, 0) is 0 Å². The number of fused-ring (bicyclic) bond motifs is 1. The molecule has 0 unspecified atom stereocenters. The second-order valence-corrected chi connectivity index (χ2v) is 3.37. The highest BCUT2D eigenvalue weighted by Gasteiger charge is 2.05. The van der Waals surface area contributed by atoms with Gasteiger partial charge in [-0.3, -0.25) is 4.40 Å². The molecule has 0 bridgehead atoms. The third kappa shape index (κ3) is 0.914. The Labute approximate surface area is 78.3 Å². The fourth-order valence-electron chi connectivity index (χ4n) is 1.30. The van der Waals surface area contributed by atoms with Gasteiger partial charge in [-0.25, -0.2) is 4.98 Å². The van der Waals surface area contributed by atoms with Crippen molar-refractivity contribution >= 4 is 27.3 Å². The molecule has 2 heterocycles. The Morgan fingerprint density at radius 3 is 2.92 bits per heavy atom. The molecule has 12 heavy (non-hydrogen) atoms. The van der Waals surface area contributed by atoms with Gasteiger partial charge in [0.15, 0.2) is 0 Å². The summed E-state index contributed by atoms with van der Waals surface area (Å²) in [5.41, 5.74) is 6.78. The molecule has 0 radical (unpaired) electrons. The molecule has 0 saturated heterocycles. The van der Waals surface area contributed by atoms with Crippen molar-refractivity contribution in [2.45, 2.75) is 6.92 Å². The van der Waals surface area contributed by atoms with Gasteiger partial charge >= 0.3 is 0 Å². The number of nitrogens with zero attached hydrogens (tertiary/aromatic N) is 2. The molecule has 0 aliphatic rings. The van der Waals surface area contributed by atoms with Gasteiger partial charge in [-0.15, -0.1) is 0 Å². The average molecular weight is 226 g/mol. The van der Waals surface area contributed by atoms with Gasteiger partial charge in [0.25, 0.3) is 0 Å². The van der Waals surface area contributed by atoms with Crippen molar-refractivity contribution in [1.82, 2.24) is 9.38 Å². The summed E-state index contributed by atoms with van der Waals surface area (Å²) in [6, 6.07) is 5.74. The van der Waals surface area contributed by atoms with E-state index < -0.39 is 0 Å². The molecular weight excluding hydrogens is 218 g/mol. The Bertz CT molecular complexity index is 433. The van der Waals surface area contributed by atoms with Gasteiger partial charge in [0.1, 0.15) is 16.2 Å². The summed E-state index contributed by atoms with van der Waals surface area (Å²) in [6.07, 6.45) is 0. The Morgan fingerprint density at radius 1 is 1.50 bits per heavy atom. The first-order valence-electron chi connectivity index (χ1n) is 3.59. The van der Waals surface area contributed by atoms with Crippen LogP contribution in [0.4, 0.5) is 5.82 Å². The van der Waals surface area contributed by atoms with Gasteiger partial charge in [0, 0.05) is 0 Å². The molecule has 0 aromatic carbocycles. The van der Waals surface area contributed by atoms with Crippen molar-refractivity contribution in [2.75, 3.05) is 5.73 Å². The minimum absolute atomic E-state index is 0.711. The molecule has 0 aliphatic heterocycles. The van der Waals surface area contributed by atoms with Crippen LogP contribution >= 0.6 is 15.9 Å². The quantitative estimate of drug-likeness (QED) is 0.746. The summed E-state index contributed by atoms with van der Waals surface area (Å²) in [5.74, 6) is 1.61. The molecule has 2 N–H and O–H groups in total. The van der Waals surface area contributed by atoms with Gasteiger partial charge in [-0.2, -0.15) is 0 Å². The van der Waals surface area contributed by atoms with Crippen molar-refractivity contribution < 1.29 is 0 Å². The molecule has 4 heteroatoms. The maximum Gasteiger partial charge on any atom is 0.132 e. The maximum atomic E-state index is 5.77. The normalized spacial score (nSPS) is 10.8. The van der Waals surface area contributed by atoms with Gasteiger partial charge in [-0.05, 0) is 35.0 Å². The minimum Gasteiger partial charge on any atom is -0.385 e. The van der Waals surface area contributed by atoms with E-state index in [1.54, 1.807) is 0 Å². The van der Waals surface area contributed by atoms with Crippen LogP contribution in [0.5, 0.6) is 0 Å². The Balaban J connectivity index is 2.99. The number of hydrogen-bond donors (Lipinski definition) is 1. The molecule has 0 spiro atoms. The van der Waals surface area contributed by atoms with E-state index in [9.17, 15) is 0 Å². The second kappa shape index (κ2) is 2.48. The maximum absolute atomic E-state index is 5.77. The van der Waals surface area contributed by atoms with E-state index in [1.165, 1.54) is 0 Å². The van der Waals surface area contributed by atoms with Crippen molar-refractivity contribution in [1.29, 1.82) is 0 Å². The van der Waals surface area contributed by atoms with Crippen molar-refractivity contribution in [3.63, 3.8) is 0 Å². The van der Waals surface area contributed by atoms with Gasteiger partial charge in [0.2, 0.25) is 0 Å². The smallest absolute Gasteiger partial charge is 0.132 e. The van der Waals surface area contributed by atoms with E-state index in [2.05, 4.69) is 20.9 Å². The highest BCUT2D eigenvalue weighted by atomic mass is 79.9. The third-order valence-corrected chi connectivity index (χ3v) is 2.40. The standard InChI is InChI=1S/C8H8BrN3/c1-5-11-8(9)6-3-2-4-7(10)12(5)6/h2-4H,10H2,1H3. The summed E-state index contributed by atoms with van der Waals surface area (Å²) >= 11 is 3.36. The van der Waals surface area contributed by atoms with Crippen LogP contribution in [0.25, 0.3) is 5.52 Å². The third-order valence-electron chi connectivity index (χ3n) is 1.82. The lowest BCUT2D eigenvalue weighted by Crippen LogP contribution is -1.97. The van der Waals surface area contributed by atoms with E-state index in [4.69, 9.17) is 5.73 Å². The van der Waals surface area contributed by atoms with Gasteiger partial charge in [0.05, 0.1) is 5.52 Å². The van der Waals surface area contributed by atoms with Gasteiger partial charge < -0.3 is 5.73 Å². The Kier molecular flexibility index (Phi) is 1.58. The zero-order valence-corrected chi connectivity index (χ0v) is 8.17. The number of anilines is 1. The number of aromatic nitrogens is 2. The monoisotopic (exact) mass is 225 g/mol. The van der Waals surface area contributed by atoms with Crippen molar-refractivity contribution in [3.8, 4) is 0 Å². The largest absolute Gasteiger partial charge is 0.385 e. The highest BCUT2D eigenvalue weighted by molar-refractivity contribution is 9.10. The zero-order chi connectivity index (χ0) is 8.72. The van der Waals surface area contributed by atoms with Crippen molar-refractivity contribution in [3.05, 3.63) is 28.6 Å². The highest BCUT2D eigenvalue weighted by Crippen LogP contribution is 2.20. The number of rotatable bonds is 0. The molecular formula is C8H8BrN3. The van der Waals surface area contributed by atoms with Crippen LogP contribution in [0.1, 0.15) is 5.82 Å². The number of aryl methyl sites for hydroxylation is 1. The van der Waals surface area contributed by atoms with Crippen LogP contribution in [0.2, 0.25) is 0 Å². The number of nitrogens with two attached hydrogens (primary N) is 1. The predicted octanol–water partition coefficient (Wildman–Crippen LogP) is 1.99. The van der Waals surface area contributed by atoms with E-state index >= 15 is 0 Å². The number of pyridine rings is 1. The van der Waals surface area contributed by atoms with Crippen LogP contribution in [0.3, 0.4) is 0 Å². The van der Waals surface area contributed by atoms with E-state index in [-0.39, 0.29) is 0 Å². The molecule has 0 amide bonds. The fourth-order valence-corrected chi connectivity index (χ4v) is 1.86. The summed E-state index contributed by atoms with van der Waals surface area (Å²) < 4.78 is 2.75. The lowest BCUT2D eigenvalue weighted by molar-refractivity contribution is 1.05. The lowest BCUT2D eigenvalue weighted by Gasteiger charge is -1.99. The molecule has 0 fully saturated rings. The van der Waals surface area contributed by atoms with E-state index in [0.29, 0.717) is 5.82 Å². The predicted molar refractivity (Wildman–Crippen MR) is 52.0 cm³/mol.